The molecule has 1 N–H and O–H groups in total. The molecule has 1 aromatic carbocycles. The van der Waals surface area contributed by atoms with Crippen LogP contribution in [-0.4, -0.2) is 13.4 Å². The highest BCUT2D eigenvalue weighted by molar-refractivity contribution is 7.93. The normalized spacial score (nSPS) is 10.2. The number of aromatic nitrogens is 1. The zero-order valence-electron chi connectivity index (χ0n) is 8.82. The van der Waals surface area contributed by atoms with Crippen LogP contribution in [0.25, 0.3) is 4.98 Å². The summed E-state index contributed by atoms with van der Waals surface area (Å²) in [6.45, 7) is 0. The van der Waals surface area contributed by atoms with E-state index in [1.165, 1.54) is 41.8 Å². The molecule has 0 atom stereocenters. The summed E-state index contributed by atoms with van der Waals surface area (Å²) < 4.78 is 26.1. The molecule has 2 rings (SSSR count). The number of nitrogens with one attached hydrogen (secondary N) is 1. The first kappa shape index (κ1) is 14.4. The number of diazo groups is 1. The quantitative estimate of drug-likeness (QED) is 0.769. The van der Waals surface area contributed by atoms with Gasteiger partial charge in [-0.25, -0.2) is 13.4 Å². The predicted molar refractivity (Wildman–Crippen MR) is 64.1 cm³/mol. The van der Waals surface area contributed by atoms with Crippen molar-refractivity contribution in [2.24, 2.45) is 0 Å². The summed E-state index contributed by atoms with van der Waals surface area (Å²) in [6.07, 6.45) is 1.51. The van der Waals surface area contributed by atoms with E-state index in [0.29, 0.717) is 5.13 Å². The topological polar surface area (TPSA) is 87.2 Å². The molecule has 1 heterocycles. The van der Waals surface area contributed by atoms with Gasteiger partial charge in [0.15, 0.2) is 10.1 Å². The summed E-state index contributed by atoms with van der Waals surface area (Å²) in [5.74, 6) is 0. The second-order valence-corrected chi connectivity index (χ2v) is 5.61. The van der Waals surface area contributed by atoms with Crippen LogP contribution in [0.1, 0.15) is 0 Å². The Bertz CT molecular complexity index is 647. The molecule has 0 aliphatic rings. The molecular formula is C9H7ClN4O2S2. The Labute approximate surface area is 114 Å². The molecule has 2 aromatic rings. The van der Waals surface area contributed by atoms with E-state index in [1.807, 2.05) is 0 Å². The smallest absolute Gasteiger partial charge is 0.385 e. The number of rotatable bonds is 3. The van der Waals surface area contributed by atoms with E-state index in [2.05, 4.69) is 14.7 Å². The number of anilines is 1. The van der Waals surface area contributed by atoms with E-state index in [-0.39, 0.29) is 23.0 Å². The molecule has 94 valence electrons. The van der Waals surface area contributed by atoms with Gasteiger partial charge in [0.05, 0.1) is 4.90 Å². The highest BCUT2D eigenvalue weighted by atomic mass is 35.5. The lowest BCUT2D eigenvalue weighted by molar-refractivity contribution is -0.00000604. The fourth-order valence-corrected chi connectivity index (χ4v) is 2.93. The van der Waals surface area contributed by atoms with Crippen LogP contribution in [0.5, 0.6) is 0 Å². The van der Waals surface area contributed by atoms with Crippen molar-refractivity contribution in [2.75, 3.05) is 4.72 Å². The van der Waals surface area contributed by atoms with Crippen LogP contribution < -0.4 is 17.1 Å². The fourth-order valence-electron chi connectivity index (χ4n) is 1.14. The zero-order chi connectivity index (χ0) is 12.3. The third kappa shape index (κ3) is 3.16. The average molecular weight is 303 g/mol. The Hall–Kier alpha value is -1.69. The maximum Gasteiger partial charge on any atom is 0.385 e. The van der Waals surface area contributed by atoms with Crippen LogP contribution >= 0.6 is 11.3 Å². The number of sulfonamides is 1. The standard InChI is InChI=1S/C9H7N4O2S2.ClH/c10-12-7-1-3-8(4-2-7)17(14,15)13-9-11-5-6-16-9;/h1-6H,(H,11,13);1H/q+1;/p-1. The summed E-state index contributed by atoms with van der Waals surface area (Å²) in [5, 5.41) is 10.5. The maximum atomic E-state index is 11.9. The second-order valence-electron chi connectivity index (χ2n) is 3.04. The van der Waals surface area contributed by atoms with Gasteiger partial charge in [-0.05, 0) is 12.1 Å². The molecule has 0 saturated carbocycles. The van der Waals surface area contributed by atoms with Crippen LogP contribution in [0.15, 0.2) is 40.7 Å². The lowest BCUT2D eigenvalue weighted by Crippen LogP contribution is -3.00. The number of nitrogens with zero attached hydrogens (tertiary/aromatic N) is 3. The molecule has 0 aliphatic heterocycles. The molecule has 1 aromatic heterocycles. The van der Waals surface area contributed by atoms with Gasteiger partial charge in [0.2, 0.25) is 5.39 Å². The summed E-state index contributed by atoms with van der Waals surface area (Å²) >= 11 is 1.19. The highest BCUT2D eigenvalue weighted by Crippen LogP contribution is 2.20. The largest absolute Gasteiger partial charge is 1.00 e. The Morgan fingerprint density at radius 2 is 1.94 bits per heavy atom. The first-order valence-corrected chi connectivity index (χ1v) is 6.85. The lowest BCUT2D eigenvalue weighted by Gasteiger charge is -2.03. The van der Waals surface area contributed by atoms with Gasteiger partial charge in [-0.1, -0.05) is 0 Å². The van der Waals surface area contributed by atoms with Crippen molar-refractivity contribution in [1.29, 1.82) is 5.39 Å². The summed E-state index contributed by atoms with van der Waals surface area (Å²) in [7, 11) is -3.63. The van der Waals surface area contributed by atoms with Crippen LogP contribution in [-0.2, 0) is 10.0 Å². The van der Waals surface area contributed by atoms with E-state index in [9.17, 15) is 8.42 Å². The monoisotopic (exact) mass is 302 g/mol. The van der Waals surface area contributed by atoms with E-state index >= 15 is 0 Å². The highest BCUT2D eigenvalue weighted by Gasteiger charge is 2.16. The molecule has 0 amide bonds. The molecule has 0 saturated heterocycles. The molecule has 0 spiro atoms. The number of thiazole rings is 1. The second kappa shape index (κ2) is 5.77. The van der Waals surface area contributed by atoms with Gasteiger partial charge < -0.3 is 12.4 Å². The summed E-state index contributed by atoms with van der Waals surface area (Å²) in [6, 6.07) is 5.50. The van der Waals surface area contributed by atoms with Crippen molar-refractivity contribution >= 4 is 32.2 Å². The molecular weight excluding hydrogens is 296 g/mol. The summed E-state index contributed by atoms with van der Waals surface area (Å²) in [5.41, 5.74) is 0.290. The van der Waals surface area contributed by atoms with Crippen LogP contribution in [0.3, 0.4) is 0 Å². The zero-order valence-corrected chi connectivity index (χ0v) is 11.2. The predicted octanol–water partition coefficient (Wildman–Crippen LogP) is -0.568. The maximum absolute atomic E-state index is 11.9. The Kier molecular flexibility index (Phi) is 4.61. The van der Waals surface area contributed by atoms with E-state index in [4.69, 9.17) is 5.39 Å². The average Bonchev–Trinajstić information content (AvgIpc) is 2.81. The number of hydrogen-bond donors (Lipinski definition) is 1. The number of hydrogen-bond acceptors (Lipinski definition) is 5. The number of benzene rings is 1. The Morgan fingerprint density at radius 3 is 2.44 bits per heavy atom. The molecule has 0 aliphatic carbocycles. The molecule has 0 bridgehead atoms. The first-order valence-electron chi connectivity index (χ1n) is 4.49. The van der Waals surface area contributed by atoms with Crippen molar-refractivity contribution in [1.82, 2.24) is 4.98 Å². The van der Waals surface area contributed by atoms with Crippen molar-refractivity contribution in [3.05, 3.63) is 40.8 Å². The summed E-state index contributed by atoms with van der Waals surface area (Å²) in [4.78, 5) is 6.86. The van der Waals surface area contributed by atoms with Gasteiger partial charge in [0.25, 0.3) is 10.0 Å². The molecule has 0 radical (unpaired) electrons. The van der Waals surface area contributed by atoms with Gasteiger partial charge in [-0.3, -0.25) is 4.72 Å². The fraction of sp³-hybridized carbons (Fsp3) is 0. The third-order valence-electron chi connectivity index (χ3n) is 1.92. The van der Waals surface area contributed by atoms with Gasteiger partial charge in [0.1, 0.15) is 0 Å². The Morgan fingerprint density at radius 1 is 1.28 bits per heavy atom. The third-order valence-corrected chi connectivity index (χ3v) is 4.09. The molecule has 0 fully saturated rings. The van der Waals surface area contributed by atoms with Gasteiger partial charge in [0, 0.05) is 23.7 Å². The van der Waals surface area contributed by atoms with E-state index in [0.717, 1.165) is 0 Å². The minimum Gasteiger partial charge on any atom is -1.00 e. The molecule has 0 unspecified atom stereocenters. The van der Waals surface area contributed by atoms with Crippen molar-refractivity contribution in [3.8, 4) is 0 Å². The van der Waals surface area contributed by atoms with Crippen molar-refractivity contribution in [2.45, 2.75) is 4.90 Å². The van der Waals surface area contributed by atoms with E-state index in [1.54, 1.807) is 5.38 Å². The Balaban J connectivity index is 0.00000162. The van der Waals surface area contributed by atoms with Gasteiger partial charge in [-0.15, -0.1) is 11.3 Å². The molecule has 9 heteroatoms. The SMILES string of the molecule is N#[N+]c1ccc(S(=O)(=O)Nc2nccs2)cc1.[Cl-]. The first-order chi connectivity index (χ1) is 8.12. The van der Waals surface area contributed by atoms with Crippen molar-refractivity contribution in [3.63, 3.8) is 0 Å². The van der Waals surface area contributed by atoms with Crippen molar-refractivity contribution < 1.29 is 20.8 Å². The minimum atomic E-state index is -3.63. The van der Waals surface area contributed by atoms with Gasteiger partial charge >= 0.3 is 5.69 Å². The van der Waals surface area contributed by atoms with Crippen LogP contribution in [0, 0.1) is 5.39 Å². The number of halogens is 1. The minimum absolute atomic E-state index is 0. The van der Waals surface area contributed by atoms with Crippen LogP contribution in [0.2, 0.25) is 0 Å². The lowest BCUT2D eigenvalue weighted by atomic mass is 10.3. The molecule has 6 nitrogen and oxygen atoms in total. The van der Waals surface area contributed by atoms with Gasteiger partial charge in [-0.2, -0.15) is 0 Å². The van der Waals surface area contributed by atoms with E-state index < -0.39 is 10.0 Å². The van der Waals surface area contributed by atoms with Crippen LogP contribution in [0.4, 0.5) is 10.8 Å². The molecule has 18 heavy (non-hydrogen) atoms.